The number of nitrogens with two attached hydrogens (primary N) is 1. The van der Waals surface area contributed by atoms with E-state index in [0.29, 0.717) is 22.0 Å². The van der Waals surface area contributed by atoms with Crippen LogP contribution in [-0.2, 0) is 21.4 Å². The molecule has 3 atom stereocenters. The lowest BCUT2D eigenvalue weighted by molar-refractivity contribution is -0.151. The van der Waals surface area contributed by atoms with Crippen LogP contribution in [0.2, 0.25) is 0 Å². The lowest BCUT2D eigenvalue weighted by atomic mass is 10.0. The number of anilines is 1. The van der Waals surface area contributed by atoms with Crippen LogP contribution in [0, 0.1) is 0 Å². The van der Waals surface area contributed by atoms with Gasteiger partial charge in [-0.3, -0.25) is 19.3 Å². The van der Waals surface area contributed by atoms with E-state index < -0.39 is 41.1 Å². The fraction of sp³-hybridized carbons (Fsp3) is 0.273. The van der Waals surface area contributed by atoms with Gasteiger partial charge in [0, 0.05) is 23.9 Å². The van der Waals surface area contributed by atoms with Crippen molar-refractivity contribution >= 4 is 63.7 Å². The van der Waals surface area contributed by atoms with Crippen LogP contribution in [0.25, 0.3) is 0 Å². The number of nitrogens with zero attached hydrogens (tertiary/aromatic N) is 6. The number of aryl methyl sites for hydroxylation is 1. The highest BCUT2D eigenvalue weighted by Crippen LogP contribution is 2.41. The first-order chi connectivity index (χ1) is 18.7. The Hall–Kier alpha value is -3.96. The van der Waals surface area contributed by atoms with Gasteiger partial charge in [0.25, 0.3) is 11.8 Å². The second-order valence-corrected chi connectivity index (χ2v) is 11.4. The average molecular weight is 588 g/mol. The average Bonchev–Trinajstić information content (AvgIpc) is 3.56. The number of nitrogens with one attached hydrogen (secondary N) is 2. The lowest BCUT2D eigenvalue weighted by Gasteiger charge is -2.49. The summed E-state index contributed by atoms with van der Waals surface area (Å²) in [5.74, 6) is -2.39. The van der Waals surface area contributed by atoms with E-state index in [-0.39, 0.29) is 22.3 Å². The van der Waals surface area contributed by atoms with Gasteiger partial charge in [0.2, 0.25) is 11.1 Å². The molecule has 202 valence electrons. The Balaban J connectivity index is 1.31. The van der Waals surface area contributed by atoms with Crippen LogP contribution in [0.15, 0.2) is 52.1 Å². The number of carbonyl (C=O) groups excluding carboxylic acids is 3. The smallest absolute Gasteiger partial charge is 0.352 e. The molecule has 1 saturated heterocycles. The monoisotopic (exact) mass is 587 g/mol. The van der Waals surface area contributed by atoms with Crippen molar-refractivity contribution in [2.75, 3.05) is 17.2 Å². The molecule has 3 amide bonds. The number of benzene rings is 1. The summed E-state index contributed by atoms with van der Waals surface area (Å²) in [5, 5.41) is 28.1. The van der Waals surface area contributed by atoms with Gasteiger partial charge in [0.05, 0.1) is 0 Å². The Kier molecular flexibility index (Phi) is 7.53. The van der Waals surface area contributed by atoms with Crippen molar-refractivity contribution in [2.45, 2.75) is 22.6 Å². The molecule has 4 heterocycles. The molecule has 39 heavy (non-hydrogen) atoms. The molecule has 17 heteroatoms. The van der Waals surface area contributed by atoms with Gasteiger partial charge in [-0.05, 0) is 21.6 Å². The molecule has 5 rings (SSSR count). The van der Waals surface area contributed by atoms with Gasteiger partial charge in [-0.15, -0.1) is 28.2 Å². The maximum Gasteiger partial charge on any atom is 0.352 e. The maximum atomic E-state index is 13.4. The third-order valence-electron chi connectivity index (χ3n) is 5.93. The number of hydrogen-bond acceptors (Lipinski definition) is 12. The Bertz CT molecular complexity index is 1470. The number of fused-ring (bicyclic) bond motifs is 1. The first kappa shape index (κ1) is 26.6. The van der Waals surface area contributed by atoms with Crippen LogP contribution in [0.3, 0.4) is 0 Å². The van der Waals surface area contributed by atoms with Crippen molar-refractivity contribution in [1.29, 1.82) is 0 Å². The van der Waals surface area contributed by atoms with E-state index in [4.69, 9.17) is 5.73 Å². The zero-order valence-electron chi connectivity index (χ0n) is 20.2. The Morgan fingerprint density at radius 2 is 2.05 bits per heavy atom. The van der Waals surface area contributed by atoms with Gasteiger partial charge >= 0.3 is 5.97 Å². The number of carbonyl (C=O) groups is 4. The molecular formula is C22H21N9O5S3. The van der Waals surface area contributed by atoms with E-state index in [1.165, 1.54) is 38.5 Å². The molecule has 3 aromatic rings. The van der Waals surface area contributed by atoms with Crippen LogP contribution in [0.1, 0.15) is 22.1 Å². The van der Waals surface area contributed by atoms with E-state index in [2.05, 4.69) is 31.1 Å². The number of nitrogen functional groups attached to an aromatic ring is 1. The SMILES string of the molecule is Cn1nnnc1SCC1=C(C(=O)O)N2C(=O)C(NC(=O)[C@H](NC(=O)c3csc(N)n3)c3ccccc3)[C@H]2SC1. The Morgan fingerprint density at radius 3 is 2.69 bits per heavy atom. The molecule has 0 spiro atoms. The summed E-state index contributed by atoms with van der Waals surface area (Å²) >= 11 is 3.70. The molecule has 0 saturated carbocycles. The van der Waals surface area contributed by atoms with Crippen molar-refractivity contribution in [3.63, 3.8) is 0 Å². The summed E-state index contributed by atoms with van der Waals surface area (Å²) < 4.78 is 1.47. The van der Waals surface area contributed by atoms with E-state index >= 15 is 0 Å². The molecular weight excluding hydrogens is 567 g/mol. The number of aliphatic carboxylic acids is 1. The van der Waals surface area contributed by atoms with Gasteiger partial charge in [0.1, 0.15) is 28.8 Å². The molecule has 1 aromatic carbocycles. The minimum atomic E-state index is -1.23. The van der Waals surface area contributed by atoms with Crippen LogP contribution >= 0.6 is 34.9 Å². The largest absolute Gasteiger partial charge is 0.477 e. The van der Waals surface area contributed by atoms with Crippen molar-refractivity contribution in [3.05, 3.63) is 58.2 Å². The minimum Gasteiger partial charge on any atom is -0.477 e. The predicted molar refractivity (Wildman–Crippen MR) is 142 cm³/mol. The third-order valence-corrected chi connectivity index (χ3v) is 9.04. The quantitative estimate of drug-likeness (QED) is 0.197. The van der Waals surface area contributed by atoms with Crippen molar-refractivity contribution < 1.29 is 24.3 Å². The van der Waals surface area contributed by atoms with Crippen LogP contribution < -0.4 is 16.4 Å². The molecule has 1 unspecified atom stereocenters. The minimum absolute atomic E-state index is 0.0682. The zero-order chi connectivity index (χ0) is 27.7. The Labute approximate surface area is 233 Å². The topological polar surface area (TPSA) is 198 Å². The highest BCUT2D eigenvalue weighted by molar-refractivity contribution is 8.01. The zero-order valence-corrected chi connectivity index (χ0v) is 22.6. The number of thioether (sulfide) groups is 2. The van der Waals surface area contributed by atoms with E-state index in [1.807, 2.05) is 0 Å². The summed E-state index contributed by atoms with van der Waals surface area (Å²) in [4.78, 5) is 56.6. The van der Waals surface area contributed by atoms with Gasteiger partial charge in [-0.1, -0.05) is 42.1 Å². The van der Waals surface area contributed by atoms with E-state index in [1.54, 1.807) is 37.4 Å². The Morgan fingerprint density at radius 1 is 1.28 bits per heavy atom. The number of carboxylic acids is 1. The number of hydrogen-bond donors (Lipinski definition) is 4. The van der Waals surface area contributed by atoms with Crippen LogP contribution in [0.5, 0.6) is 0 Å². The van der Waals surface area contributed by atoms with E-state index in [9.17, 15) is 24.3 Å². The second kappa shape index (κ2) is 11.0. The molecule has 14 nitrogen and oxygen atoms in total. The van der Waals surface area contributed by atoms with Crippen molar-refractivity contribution in [1.82, 2.24) is 40.7 Å². The molecule has 2 aliphatic rings. The fourth-order valence-electron chi connectivity index (χ4n) is 4.07. The number of thiazole rings is 1. The van der Waals surface area contributed by atoms with Crippen LogP contribution in [-0.4, -0.2) is 81.8 Å². The normalized spacial score (nSPS) is 19.2. The number of aromatic nitrogens is 5. The van der Waals surface area contributed by atoms with Gasteiger partial charge in [-0.2, -0.15) is 0 Å². The summed E-state index contributed by atoms with van der Waals surface area (Å²) in [6, 6.07) is 6.46. The molecule has 0 aliphatic carbocycles. The molecule has 2 aromatic heterocycles. The summed E-state index contributed by atoms with van der Waals surface area (Å²) in [7, 11) is 1.67. The standard InChI is InChI=1S/C22H21N9O5S3/c1-30-22(27-28-29-30)39-8-11-7-37-19-14(18(34)31(19)15(11)20(35)36)26-17(33)13(10-5-3-2-4-6-10)25-16(32)12-9-38-21(23)24-12/h2-6,9,13-14,19H,7-8H2,1H3,(H2,23,24)(H,25,32)(H,26,33)(H,35,36)/t13-,14?,19-/m1/s1. The first-order valence-corrected chi connectivity index (χ1v) is 14.3. The number of rotatable bonds is 9. The van der Waals surface area contributed by atoms with Gasteiger partial charge in [-0.25, -0.2) is 14.5 Å². The summed E-state index contributed by atoms with van der Waals surface area (Å²) in [6.45, 7) is 0. The first-order valence-electron chi connectivity index (χ1n) is 11.4. The molecule has 5 N–H and O–H groups in total. The highest BCUT2D eigenvalue weighted by atomic mass is 32.2. The van der Waals surface area contributed by atoms with Crippen molar-refractivity contribution in [2.24, 2.45) is 7.05 Å². The lowest BCUT2D eigenvalue weighted by Crippen LogP contribution is -2.71. The predicted octanol–water partition coefficient (Wildman–Crippen LogP) is 0.251. The van der Waals surface area contributed by atoms with Gasteiger partial charge in [0.15, 0.2) is 5.13 Å². The highest BCUT2D eigenvalue weighted by Gasteiger charge is 2.54. The number of amides is 3. The third kappa shape index (κ3) is 5.32. The van der Waals surface area contributed by atoms with E-state index in [0.717, 1.165) is 11.3 Å². The van der Waals surface area contributed by atoms with Crippen molar-refractivity contribution in [3.8, 4) is 0 Å². The number of tetrazole rings is 1. The van der Waals surface area contributed by atoms with Gasteiger partial charge < -0.3 is 21.5 Å². The molecule has 1 fully saturated rings. The maximum absolute atomic E-state index is 13.4. The molecule has 0 radical (unpaired) electrons. The molecule has 2 aliphatic heterocycles. The number of carboxylic acid groups (broad SMARTS) is 1. The second-order valence-electron chi connectivity index (χ2n) is 8.42. The fourth-order valence-corrected chi connectivity index (χ4v) is 6.95. The summed E-state index contributed by atoms with van der Waals surface area (Å²) in [5.41, 5.74) is 6.63. The number of β-lactam (4-membered cyclic amide) rings is 1. The van der Waals surface area contributed by atoms with Crippen LogP contribution in [0.4, 0.5) is 5.13 Å². The summed E-state index contributed by atoms with van der Waals surface area (Å²) in [6.07, 6.45) is 0. The molecule has 0 bridgehead atoms.